The van der Waals surface area contributed by atoms with Gasteiger partial charge in [0, 0.05) is 31.4 Å². The van der Waals surface area contributed by atoms with Gasteiger partial charge in [-0.05, 0) is 51.5 Å². The Morgan fingerprint density at radius 1 is 1.18 bits per heavy atom. The van der Waals surface area contributed by atoms with Crippen LogP contribution in [0.25, 0.3) is 0 Å². The third-order valence-electron chi connectivity index (χ3n) is 8.02. The summed E-state index contributed by atoms with van der Waals surface area (Å²) < 4.78 is 5.42. The van der Waals surface area contributed by atoms with Crippen molar-refractivity contribution < 1.29 is 34.7 Å². The number of aliphatic hydroxyl groups is 2. The normalized spacial score (nSPS) is 41.8. The van der Waals surface area contributed by atoms with Crippen molar-refractivity contribution in [1.29, 1.82) is 0 Å². The average Bonchev–Trinajstić information content (AvgIpc) is 3.04. The Labute approximate surface area is 196 Å². The van der Waals surface area contributed by atoms with Crippen LogP contribution in [0.1, 0.15) is 60.3 Å². The highest BCUT2D eigenvalue weighted by Crippen LogP contribution is 2.56. The Morgan fingerprint density at radius 3 is 2.42 bits per heavy atom. The van der Waals surface area contributed by atoms with Crippen LogP contribution in [-0.4, -0.2) is 64.7 Å². The van der Waals surface area contributed by atoms with Crippen LogP contribution in [0, 0.1) is 23.2 Å². The standard InChI is InChI=1S/C25H39NO7/c1-12(2)9-17-21-14(4)15(5)23(33-31)16-10-13(3)7-8-18(27)22(29)19(32-6)11-20(28)25(16,21)24(30)26-17/h10,12,16-19,21-23,27,29,31H,7-9,11H2,1-6H3,(H,26,30)/b13-10+. The number of allylic oxidation sites excluding steroid dienone is 1. The van der Waals surface area contributed by atoms with Crippen molar-refractivity contribution in [1.82, 2.24) is 5.32 Å². The summed E-state index contributed by atoms with van der Waals surface area (Å²) in [6.45, 7) is 9.79. The zero-order valence-corrected chi connectivity index (χ0v) is 20.5. The van der Waals surface area contributed by atoms with Gasteiger partial charge in [0.2, 0.25) is 5.91 Å². The third-order valence-corrected chi connectivity index (χ3v) is 8.02. The van der Waals surface area contributed by atoms with Crippen molar-refractivity contribution in [3.63, 3.8) is 0 Å². The molecule has 0 aromatic carbocycles. The summed E-state index contributed by atoms with van der Waals surface area (Å²) in [6.07, 6.45) is -1.10. The van der Waals surface area contributed by atoms with Crippen molar-refractivity contribution in [3.8, 4) is 0 Å². The second-order valence-corrected chi connectivity index (χ2v) is 10.5. The molecule has 3 aliphatic rings. The summed E-state index contributed by atoms with van der Waals surface area (Å²) in [6, 6.07) is -0.242. The van der Waals surface area contributed by atoms with E-state index in [2.05, 4.69) is 19.2 Å². The van der Waals surface area contributed by atoms with Gasteiger partial charge in [-0.1, -0.05) is 31.1 Å². The highest BCUT2D eigenvalue weighted by Gasteiger charge is 2.67. The van der Waals surface area contributed by atoms with Gasteiger partial charge in [-0.3, -0.25) is 14.8 Å². The van der Waals surface area contributed by atoms with Gasteiger partial charge in [-0.2, -0.15) is 0 Å². The molecule has 8 atom stereocenters. The van der Waals surface area contributed by atoms with Crippen LogP contribution in [0.3, 0.4) is 0 Å². The van der Waals surface area contributed by atoms with Crippen molar-refractivity contribution in [2.75, 3.05) is 7.11 Å². The topological polar surface area (TPSA) is 125 Å². The fraction of sp³-hybridized carbons (Fsp3) is 0.760. The summed E-state index contributed by atoms with van der Waals surface area (Å²) in [5.41, 5.74) is 1.01. The molecule has 0 aromatic heterocycles. The summed E-state index contributed by atoms with van der Waals surface area (Å²) in [5.74, 6) is -1.61. The van der Waals surface area contributed by atoms with Gasteiger partial charge in [0.05, 0.1) is 12.2 Å². The number of methoxy groups -OCH3 is 1. The minimum absolute atomic E-state index is 0.235. The molecular formula is C25H39NO7. The lowest BCUT2D eigenvalue weighted by atomic mass is 9.54. The maximum atomic E-state index is 14.1. The Balaban J connectivity index is 2.27. The zero-order chi connectivity index (χ0) is 24.7. The number of amides is 1. The van der Waals surface area contributed by atoms with Crippen molar-refractivity contribution >= 4 is 11.7 Å². The van der Waals surface area contributed by atoms with Crippen LogP contribution in [0.4, 0.5) is 0 Å². The molecule has 1 amide bonds. The van der Waals surface area contributed by atoms with Crippen LogP contribution >= 0.6 is 0 Å². The van der Waals surface area contributed by atoms with Gasteiger partial charge in [-0.15, -0.1) is 0 Å². The molecule has 186 valence electrons. The van der Waals surface area contributed by atoms with Crippen molar-refractivity contribution in [2.24, 2.45) is 23.2 Å². The molecule has 1 fully saturated rings. The minimum atomic E-state index is -1.51. The molecular weight excluding hydrogens is 426 g/mol. The molecule has 1 saturated heterocycles. The molecule has 1 aliphatic heterocycles. The van der Waals surface area contributed by atoms with E-state index in [1.54, 1.807) is 0 Å². The van der Waals surface area contributed by atoms with E-state index in [4.69, 9.17) is 9.62 Å². The molecule has 3 rings (SSSR count). The summed E-state index contributed by atoms with van der Waals surface area (Å²) >= 11 is 0. The molecule has 8 heteroatoms. The monoisotopic (exact) mass is 465 g/mol. The first-order valence-corrected chi connectivity index (χ1v) is 11.9. The molecule has 0 radical (unpaired) electrons. The van der Waals surface area contributed by atoms with Crippen LogP contribution in [-0.2, 0) is 19.2 Å². The predicted octanol–water partition coefficient (Wildman–Crippen LogP) is 2.39. The Bertz CT molecular complexity index is 835. The van der Waals surface area contributed by atoms with E-state index in [1.807, 2.05) is 26.8 Å². The first kappa shape index (κ1) is 26.0. The number of carbonyl (C=O) groups excluding carboxylic acids is 2. The zero-order valence-electron chi connectivity index (χ0n) is 20.5. The summed E-state index contributed by atoms with van der Waals surface area (Å²) in [5, 5.41) is 34.2. The first-order chi connectivity index (χ1) is 15.5. The first-order valence-electron chi connectivity index (χ1n) is 11.9. The van der Waals surface area contributed by atoms with E-state index in [9.17, 15) is 25.1 Å². The fourth-order valence-electron chi connectivity index (χ4n) is 6.24. The fourth-order valence-corrected chi connectivity index (χ4v) is 6.24. The largest absolute Gasteiger partial charge is 0.390 e. The maximum absolute atomic E-state index is 14.1. The lowest BCUT2D eigenvalue weighted by Gasteiger charge is -2.47. The van der Waals surface area contributed by atoms with Gasteiger partial charge in [0.25, 0.3) is 0 Å². The second kappa shape index (κ2) is 9.96. The Morgan fingerprint density at radius 2 is 1.85 bits per heavy atom. The highest BCUT2D eigenvalue weighted by molar-refractivity contribution is 6.10. The third kappa shape index (κ3) is 4.32. The predicted molar refractivity (Wildman–Crippen MR) is 122 cm³/mol. The number of nitrogens with one attached hydrogen (secondary N) is 1. The van der Waals surface area contributed by atoms with Gasteiger partial charge in [0.15, 0.2) is 5.78 Å². The van der Waals surface area contributed by atoms with Gasteiger partial charge in [0.1, 0.15) is 17.6 Å². The van der Waals surface area contributed by atoms with E-state index < -0.39 is 41.7 Å². The molecule has 1 heterocycles. The Kier molecular flexibility index (Phi) is 7.86. The number of carbonyl (C=O) groups is 2. The summed E-state index contributed by atoms with van der Waals surface area (Å²) in [7, 11) is 1.38. The molecule has 2 aliphatic carbocycles. The number of Topliss-reactive ketones (excluding diaryl/α,β-unsaturated/α-hetero) is 1. The van der Waals surface area contributed by atoms with Gasteiger partial charge >= 0.3 is 0 Å². The lowest BCUT2D eigenvalue weighted by Crippen LogP contribution is -2.57. The molecule has 1 spiro atoms. The van der Waals surface area contributed by atoms with Crippen LogP contribution in [0.15, 0.2) is 22.8 Å². The molecule has 8 unspecified atom stereocenters. The molecule has 8 nitrogen and oxygen atoms in total. The van der Waals surface area contributed by atoms with Crippen LogP contribution < -0.4 is 5.32 Å². The number of hydrogen-bond acceptors (Lipinski definition) is 7. The van der Waals surface area contributed by atoms with E-state index in [1.165, 1.54) is 7.11 Å². The lowest BCUT2D eigenvalue weighted by molar-refractivity contribution is -0.284. The van der Waals surface area contributed by atoms with Crippen molar-refractivity contribution in [3.05, 3.63) is 22.8 Å². The minimum Gasteiger partial charge on any atom is -0.390 e. The highest BCUT2D eigenvalue weighted by atomic mass is 17.1. The molecule has 4 N–H and O–H groups in total. The molecule has 0 bridgehead atoms. The maximum Gasteiger partial charge on any atom is 0.235 e. The molecule has 0 saturated carbocycles. The number of rotatable bonds is 4. The quantitative estimate of drug-likeness (QED) is 0.217. The van der Waals surface area contributed by atoms with Gasteiger partial charge in [-0.25, -0.2) is 4.89 Å². The van der Waals surface area contributed by atoms with E-state index in [0.29, 0.717) is 18.8 Å². The number of aliphatic hydroxyl groups excluding tert-OH is 2. The SMILES string of the molecule is COC1CC(=O)C23C(=O)NC(CC(C)C)C2C(C)=C(C)C(OO)C3/C=C(\C)CCC(O)C1O. The van der Waals surface area contributed by atoms with Crippen molar-refractivity contribution in [2.45, 2.75) is 90.8 Å². The Hall–Kier alpha value is -1.58. The van der Waals surface area contributed by atoms with E-state index in [0.717, 1.165) is 16.7 Å². The van der Waals surface area contributed by atoms with Crippen LogP contribution in [0.5, 0.6) is 0 Å². The average molecular weight is 466 g/mol. The second-order valence-electron chi connectivity index (χ2n) is 10.5. The number of hydrogen-bond donors (Lipinski definition) is 4. The number of ether oxygens (including phenoxy) is 1. The van der Waals surface area contributed by atoms with Crippen LogP contribution in [0.2, 0.25) is 0 Å². The van der Waals surface area contributed by atoms with E-state index >= 15 is 0 Å². The summed E-state index contributed by atoms with van der Waals surface area (Å²) in [4.78, 5) is 32.9. The smallest absolute Gasteiger partial charge is 0.235 e. The van der Waals surface area contributed by atoms with E-state index in [-0.39, 0.29) is 30.6 Å². The molecule has 0 aromatic rings. The number of ketones is 1. The van der Waals surface area contributed by atoms with Gasteiger partial charge < -0.3 is 20.3 Å². The molecule has 33 heavy (non-hydrogen) atoms.